The standard InChI is InChI=1S/C14H20N2O/c1-8(2)14(15)12-9(3)16-10-6-5-7-11(17-4)13(10)12/h5-8,14,16H,15H2,1-4H3. The van der Waals surface area contributed by atoms with Crippen molar-refractivity contribution in [2.24, 2.45) is 11.7 Å². The zero-order valence-electron chi connectivity index (χ0n) is 10.9. The van der Waals surface area contributed by atoms with Crippen molar-refractivity contribution in [3.8, 4) is 5.75 Å². The molecule has 0 radical (unpaired) electrons. The van der Waals surface area contributed by atoms with E-state index in [9.17, 15) is 0 Å². The van der Waals surface area contributed by atoms with Crippen LogP contribution in [0.25, 0.3) is 10.9 Å². The molecule has 0 saturated heterocycles. The van der Waals surface area contributed by atoms with E-state index in [1.165, 1.54) is 5.56 Å². The molecular weight excluding hydrogens is 212 g/mol. The quantitative estimate of drug-likeness (QED) is 0.854. The minimum absolute atomic E-state index is 0.0278. The number of hydrogen-bond acceptors (Lipinski definition) is 2. The predicted octanol–water partition coefficient (Wildman–Crippen LogP) is 3.14. The number of aromatic amines is 1. The van der Waals surface area contributed by atoms with Gasteiger partial charge in [0.1, 0.15) is 5.75 Å². The van der Waals surface area contributed by atoms with E-state index in [4.69, 9.17) is 10.5 Å². The summed E-state index contributed by atoms with van der Waals surface area (Å²) in [5.74, 6) is 1.29. The van der Waals surface area contributed by atoms with Crippen LogP contribution in [-0.2, 0) is 0 Å². The molecule has 0 spiro atoms. The van der Waals surface area contributed by atoms with Crippen LogP contribution in [0.2, 0.25) is 0 Å². The molecule has 3 N–H and O–H groups in total. The number of aryl methyl sites for hydroxylation is 1. The van der Waals surface area contributed by atoms with E-state index in [1.807, 2.05) is 12.1 Å². The van der Waals surface area contributed by atoms with E-state index >= 15 is 0 Å². The summed E-state index contributed by atoms with van der Waals surface area (Å²) in [7, 11) is 1.70. The van der Waals surface area contributed by atoms with Gasteiger partial charge in [-0.1, -0.05) is 19.9 Å². The molecule has 2 rings (SSSR count). The highest BCUT2D eigenvalue weighted by atomic mass is 16.5. The van der Waals surface area contributed by atoms with Crippen LogP contribution in [0, 0.1) is 12.8 Å². The van der Waals surface area contributed by atoms with E-state index in [1.54, 1.807) is 7.11 Å². The molecule has 92 valence electrons. The Morgan fingerprint density at radius 2 is 2.00 bits per heavy atom. The number of H-pyrrole nitrogens is 1. The molecule has 0 aliphatic carbocycles. The van der Waals surface area contributed by atoms with Gasteiger partial charge in [-0.05, 0) is 25.0 Å². The fourth-order valence-electron chi connectivity index (χ4n) is 2.29. The molecule has 0 amide bonds. The van der Waals surface area contributed by atoms with Crippen LogP contribution >= 0.6 is 0 Å². The summed E-state index contributed by atoms with van der Waals surface area (Å²) in [6.45, 7) is 6.34. The first-order chi connectivity index (χ1) is 8.06. The maximum Gasteiger partial charge on any atom is 0.128 e. The lowest BCUT2D eigenvalue weighted by Gasteiger charge is -2.17. The average Bonchev–Trinajstić information content (AvgIpc) is 2.63. The van der Waals surface area contributed by atoms with E-state index in [2.05, 4.69) is 31.8 Å². The molecule has 3 nitrogen and oxygen atoms in total. The Labute approximate surface area is 102 Å². The van der Waals surface area contributed by atoms with Crippen molar-refractivity contribution >= 4 is 10.9 Å². The number of nitrogens with one attached hydrogen (secondary N) is 1. The number of benzene rings is 1. The van der Waals surface area contributed by atoms with Crippen molar-refractivity contribution < 1.29 is 4.74 Å². The molecule has 17 heavy (non-hydrogen) atoms. The topological polar surface area (TPSA) is 51.0 Å². The van der Waals surface area contributed by atoms with Gasteiger partial charge in [-0.3, -0.25) is 0 Å². The third-order valence-electron chi connectivity index (χ3n) is 3.29. The highest BCUT2D eigenvalue weighted by molar-refractivity contribution is 5.91. The zero-order valence-corrected chi connectivity index (χ0v) is 10.9. The lowest BCUT2D eigenvalue weighted by molar-refractivity contribution is 0.418. The summed E-state index contributed by atoms with van der Waals surface area (Å²) in [5.41, 5.74) is 9.69. The lowest BCUT2D eigenvalue weighted by atomic mass is 9.94. The van der Waals surface area contributed by atoms with Gasteiger partial charge in [-0.15, -0.1) is 0 Å². The number of aromatic nitrogens is 1. The van der Waals surface area contributed by atoms with Crippen molar-refractivity contribution in [1.29, 1.82) is 0 Å². The second-order valence-electron chi connectivity index (χ2n) is 4.82. The van der Waals surface area contributed by atoms with Crippen LogP contribution in [0.15, 0.2) is 18.2 Å². The van der Waals surface area contributed by atoms with Gasteiger partial charge in [-0.25, -0.2) is 0 Å². The average molecular weight is 232 g/mol. The molecule has 0 bridgehead atoms. The molecule has 0 saturated carbocycles. The van der Waals surface area contributed by atoms with Gasteiger partial charge in [0.2, 0.25) is 0 Å². The number of methoxy groups -OCH3 is 1. The molecule has 1 unspecified atom stereocenters. The zero-order chi connectivity index (χ0) is 12.6. The molecule has 1 aromatic heterocycles. The normalized spacial score (nSPS) is 13.3. The summed E-state index contributed by atoms with van der Waals surface area (Å²) in [4.78, 5) is 3.38. The van der Waals surface area contributed by atoms with Gasteiger partial charge in [-0.2, -0.15) is 0 Å². The molecule has 0 aliphatic rings. The summed E-state index contributed by atoms with van der Waals surface area (Å²) in [6, 6.07) is 6.05. The van der Waals surface area contributed by atoms with Gasteiger partial charge >= 0.3 is 0 Å². The van der Waals surface area contributed by atoms with Gasteiger partial charge in [0.15, 0.2) is 0 Å². The third kappa shape index (κ3) is 1.91. The SMILES string of the molecule is COc1cccc2[nH]c(C)c(C(N)C(C)C)c12. The summed E-state index contributed by atoms with van der Waals surface area (Å²) >= 11 is 0. The molecule has 0 aliphatic heterocycles. The fourth-order valence-corrected chi connectivity index (χ4v) is 2.29. The van der Waals surface area contributed by atoms with Crippen LogP contribution in [0.1, 0.15) is 31.1 Å². The number of nitrogens with two attached hydrogens (primary N) is 1. The van der Waals surface area contributed by atoms with E-state index in [0.29, 0.717) is 5.92 Å². The highest BCUT2D eigenvalue weighted by Crippen LogP contribution is 2.35. The second kappa shape index (κ2) is 4.41. The van der Waals surface area contributed by atoms with Gasteiger partial charge in [0, 0.05) is 28.2 Å². The number of fused-ring (bicyclic) bond motifs is 1. The first kappa shape index (κ1) is 12.0. The highest BCUT2D eigenvalue weighted by Gasteiger charge is 2.20. The Hall–Kier alpha value is -1.48. The van der Waals surface area contributed by atoms with Crippen molar-refractivity contribution in [3.05, 3.63) is 29.5 Å². The van der Waals surface area contributed by atoms with Gasteiger partial charge < -0.3 is 15.5 Å². The minimum atomic E-state index is 0.0278. The predicted molar refractivity (Wildman–Crippen MR) is 71.4 cm³/mol. The first-order valence-electron chi connectivity index (χ1n) is 5.97. The van der Waals surface area contributed by atoms with Crippen molar-refractivity contribution in [2.75, 3.05) is 7.11 Å². The third-order valence-corrected chi connectivity index (χ3v) is 3.29. The summed E-state index contributed by atoms with van der Waals surface area (Å²) < 4.78 is 5.44. The first-order valence-corrected chi connectivity index (χ1v) is 5.97. The molecule has 0 fully saturated rings. The van der Waals surface area contributed by atoms with Crippen LogP contribution in [0.4, 0.5) is 0 Å². The Bertz CT molecular complexity index is 528. The van der Waals surface area contributed by atoms with E-state index < -0.39 is 0 Å². The maximum absolute atomic E-state index is 6.30. The smallest absolute Gasteiger partial charge is 0.128 e. The summed E-state index contributed by atoms with van der Waals surface area (Å²) in [5, 5.41) is 1.12. The Morgan fingerprint density at radius 3 is 2.59 bits per heavy atom. The van der Waals surface area contributed by atoms with E-state index in [0.717, 1.165) is 22.3 Å². The number of rotatable bonds is 3. The minimum Gasteiger partial charge on any atom is -0.496 e. The Balaban J connectivity index is 2.72. The van der Waals surface area contributed by atoms with Crippen LogP contribution in [0.5, 0.6) is 5.75 Å². The largest absolute Gasteiger partial charge is 0.496 e. The van der Waals surface area contributed by atoms with Crippen molar-refractivity contribution in [3.63, 3.8) is 0 Å². The maximum atomic E-state index is 6.30. The van der Waals surface area contributed by atoms with Crippen molar-refractivity contribution in [1.82, 2.24) is 4.98 Å². The second-order valence-corrected chi connectivity index (χ2v) is 4.82. The molecule has 1 aromatic carbocycles. The summed E-state index contributed by atoms with van der Waals surface area (Å²) in [6.07, 6.45) is 0. The van der Waals surface area contributed by atoms with Crippen LogP contribution in [-0.4, -0.2) is 12.1 Å². The lowest BCUT2D eigenvalue weighted by Crippen LogP contribution is -2.17. The van der Waals surface area contributed by atoms with Gasteiger partial charge in [0.05, 0.1) is 7.11 Å². The van der Waals surface area contributed by atoms with E-state index in [-0.39, 0.29) is 6.04 Å². The number of hydrogen-bond donors (Lipinski definition) is 2. The Morgan fingerprint density at radius 1 is 1.29 bits per heavy atom. The Kier molecular flexibility index (Phi) is 3.11. The van der Waals surface area contributed by atoms with Gasteiger partial charge in [0.25, 0.3) is 0 Å². The molecule has 2 aromatic rings. The fraction of sp³-hybridized carbons (Fsp3) is 0.429. The molecule has 1 atom stereocenters. The molecule has 3 heteroatoms. The van der Waals surface area contributed by atoms with Crippen molar-refractivity contribution in [2.45, 2.75) is 26.8 Å². The van der Waals surface area contributed by atoms with Crippen LogP contribution in [0.3, 0.4) is 0 Å². The van der Waals surface area contributed by atoms with Crippen LogP contribution < -0.4 is 10.5 Å². The molecular formula is C14H20N2O. The molecule has 1 heterocycles. The monoisotopic (exact) mass is 232 g/mol. The number of ether oxygens (including phenoxy) is 1.